The van der Waals surface area contributed by atoms with E-state index in [-0.39, 0.29) is 13.6 Å². The summed E-state index contributed by atoms with van der Waals surface area (Å²) in [6, 6.07) is 21.2. The second-order valence-electron chi connectivity index (χ2n) is 7.52. The topological polar surface area (TPSA) is 17.1 Å². The summed E-state index contributed by atoms with van der Waals surface area (Å²) in [5.74, 6) is 2.62. The summed E-state index contributed by atoms with van der Waals surface area (Å²) in [4.78, 5) is 0. The zero-order chi connectivity index (χ0) is 17.2. The minimum Gasteiger partial charge on any atom is -0.314 e. The van der Waals surface area contributed by atoms with Gasteiger partial charge in [-0.2, -0.15) is 0 Å². The van der Waals surface area contributed by atoms with Gasteiger partial charge in [0.15, 0.2) is 0 Å². The molecule has 0 amide bonds. The molecule has 3 heteroatoms. The minimum atomic E-state index is -2.50. The molecule has 1 nitrogen and oxygen atoms in total. The van der Waals surface area contributed by atoms with E-state index in [9.17, 15) is 4.57 Å². The summed E-state index contributed by atoms with van der Waals surface area (Å²) in [7, 11) is -2.80. The fraction of sp³-hybridized carbons (Fsp3) is 0.273. The lowest BCUT2D eigenvalue weighted by Gasteiger charge is -2.28. The number of hydrogen-bond donors (Lipinski definition) is 0. The lowest BCUT2D eigenvalue weighted by molar-refractivity contribution is 0.552. The highest BCUT2D eigenvalue weighted by atomic mass is 31.2. The molecule has 1 fully saturated rings. The van der Waals surface area contributed by atoms with Gasteiger partial charge in [0.05, 0.1) is 0 Å². The van der Waals surface area contributed by atoms with E-state index in [4.69, 9.17) is 0 Å². The third kappa shape index (κ3) is 2.09. The largest absolute Gasteiger partial charge is 0.314 e. The fourth-order valence-corrected chi connectivity index (χ4v) is 13.7. The molecular formula is C22H22OP2. The van der Waals surface area contributed by atoms with Crippen molar-refractivity contribution in [1.82, 2.24) is 0 Å². The van der Waals surface area contributed by atoms with Crippen LogP contribution in [0.3, 0.4) is 0 Å². The van der Waals surface area contributed by atoms with Crippen LogP contribution in [0.2, 0.25) is 0 Å². The van der Waals surface area contributed by atoms with Crippen molar-refractivity contribution in [3.63, 3.8) is 0 Å². The van der Waals surface area contributed by atoms with Gasteiger partial charge < -0.3 is 4.57 Å². The molecule has 0 aromatic heterocycles. The first-order valence-electron chi connectivity index (χ1n) is 8.97. The van der Waals surface area contributed by atoms with Crippen molar-refractivity contribution in [2.45, 2.75) is 30.8 Å². The third-order valence-electron chi connectivity index (χ3n) is 6.16. The number of rotatable bonds is 2. The van der Waals surface area contributed by atoms with E-state index >= 15 is 0 Å². The van der Waals surface area contributed by atoms with Crippen LogP contribution in [0.25, 0.3) is 0 Å². The molecule has 2 aromatic rings. The lowest BCUT2D eigenvalue weighted by Crippen LogP contribution is -2.30. The third-order valence-corrected chi connectivity index (χ3v) is 13.2. The van der Waals surface area contributed by atoms with Gasteiger partial charge in [-0.3, -0.25) is 0 Å². The molecule has 6 atom stereocenters. The summed E-state index contributed by atoms with van der Waals surface area (Å²) >= 11 is 0. The number of allylic oxidation sites excluding steroid dienone is 3. The Balaban J connectivity index is 1.66. The van der Waals surface area contributed by atoms with Crippen LogP contribution in [0.5, 0.6) is 0 Å². The van der Waals surface area contributed by atoms with Gasteiger partial charge in [0, 0.05) is 28.2 Å². The molecule has 0 aliphatic carbocycles. The summed E-state index contributed by atoms with van der Waals surface area (Å²) < 4.78 is 14.2. The van der Waals surface area contributed by atoms with Gasteiger partial charge in [-0.25, -0.2) is 0 Å². The molecular weight excluding hydrogens is 342 g/mol. The highest BCUT2D eigenvalue weighted by molar-refractivity contribution is 7.78. The average molecular weight is 364 g/mol. The molecule has 2 aromatic carbocycles. The molecule has 0 saturated carbocycles. The maximum absolute atomic E-state index is 14.2. The van der Waals surface area contributed by atoms with Gasteiger partial charge in [0.25, 0.3) is 0 Å². The molecule has 25 heavy (non-hydrogen) atoms. The number of benzene rings is 2. The van der Waals surface area contributed by atoms with Gasteiger partial charge in [-0.1, -0.05) is 85.8 Å². The molecule has 0 radical (unpaired) electrons. The normalized spacial score (nSPS) is 38.4. The summed E-state index contributed by atoms with van der Waals surface area (Å²) in [5, 5.41) is 2.52. The van der Waals surface area contributed by atoms with Crippen LogP contribution in [0, 0.1) is 5.92 Å². The van der Waals surface area contributed by atoms with E-state index in [2.05, 4.69) is 68.2 Å². The summed E-state index contributed by atoms with van der Waals surface area (Å²) in [5.41, 5.74) is 4.18. The standard InChI is InChI=1S/C22H22OP2/c1-15-13-19-22-20(21(15)24(19)17-9-5-3-6-10-17)16(2)14-25(22,23)18-11-7-4-8-12-18/h3-14,19-22H,1-2H3. The zero-order valence-electron chi connectivity index (χ0n) is 14.5. The Morgan fingerprint density at radius 2 is 1.52 bits per heavy atom. The zero-order valence-corrected chi connectivity index (χ0v) is 16.3. The summed E-state index contributed by atoms with van der Waals surface area (Å²) in [6.45, 7) is 4.50. The van der Waals surface area contributed by atoms with Crippen LogP contribution < -0.4 is 10.6 Å². The van der Waals surface area contributed by atoms with Crippen molar-refractivity contribution in [3.8, 4) is 0 Å². The van der Waals surface area contributed by atoms with E-state index in [1.54, 1.807) is 0 Å². The van der Waals surface area contributed by atoms with Gasteiger partial charge in [0.2, 0.25) is 0 Å². The van der Waals surface area contributed by atoms with Crippen LogP contribution in [0.4, 0.5) is 0 Å². The van der Waals surface area contributed by atoms with E-state index in [1.165, 1.54) is 16.5 Å². The van der Waals surface area contributed by atoms with E-state index in [0.717, 1.165) is 5.30 Å². The molecule has 3 aliphatic heterocycles. The Bertz CT molecular complexity index is 929. The molecule has 126 valence electrons. The number of fused-ring (bicyclic) bond motifs is 5. The molecule has 3 heterocycles. The quantitative estimate of drug-likeness (QED) is 0.536. The molecule has 0 N–H and O–H groups in total. The van der Waals surface area contributed by atoms with Gasteiger partial charge in [0.1, 0.15) is 7.14 Å². The predicted octanol–water partition coefficient (Wildman–Crippen LogP) is 5.10. The van der Waals surface area contributed by atoms with E-state index < -0.39 is 7.14 Å². The Hall–Kier alpha value is -1.42. The maximum atomic E-state index is 14.2. The van der Waals surface area contributed by atoms with Crippen LogP contribution in [-0.4, -0.2) is 17.0 Å². The first-order valence-corrected chi connectivity index (χ1v) is 12.3. The Morgan fingerprint density at radius 3 is 2.20 bits per heavy atom. The van der Waals surface area contributed by atoms with Crippen LogP contribution in [-0.2, 0) is 4.57 Å². The number of hydrogen-bond acceptors (Lipinski definition) is 1. The monoisotopic (exact) mass is 364 g/mol. The van der Waals surface area contributed by atoms with Crippen molar-refractivity contribution in [2.24, 2.45) is 5.92 Å². The fourth-order valence-electron chi connectivity index (χ4n) is 5.27. The second-order valence-corrected chi connectivity index (χ2v) is 12.8. The SMILES string of the molecule is CC1=CP(=O)(c2ccccc2)C2C1C1C(C)=CC2P1c1ccccc1. The Kier molecular flexibility index (Phi) is 3.50. The van der Waals surface area contributed by atoms with Crippen molar-refractivity contribution in [3.05, 3.63) is 83.7 Å². The molecule has 1 saturated heterocycles. The van der Waals surface area contributed by atoms with Crippen LogP contribution >= 0.6 is 15.1 Å². The van der Waals surface area contributed by atoms with Crippen molar-refractivity contribution >= 4 is 25.7 Å². The predicted molar refractivity (Wildman–Crippen MR) is 109 cm³/mol. The smallest absolute Gasteiger partial charge is 0.140 e. The highest BCUT2D eigenvalue weighted by Crippen LogP contribution is 2.77. The van der Waals surface area contributed by atoms with Crippen LogP contribution in [0.15, 0.2) is 83.7 Å². The molecule has 6 unspecified atom stereocenters. The van der Waals surface area contributed by atoms with Crippen molar-refractivity contribution in [1.29, 1.82) is 0 Å². The molecule has 5 rings (SSSR count). The minimum absolute atomic E-state index is 0.273. The Morgan fingerprint density at radius 1 is 0.880 bits per heavy atom. The maximum Gasteiger partial charge on any atom is 0.140 e. The van der Waals surface area contributed by atoms with Crippen LogP contribution in [0.1, 0.15) is 13.8 Å². The molecule has 2 bridgehead atoms. The van der Waals surface area contributed by atoms with Gasteiger partial charge in [-0.05, 0) is 25.0 Å². The van der Waals surface area contributed by atoms with Gasteiger partial charge >= 0.3 is 0 Å². The first-order chi connectivity index (χ1) is 12.1. The highest BCUT2D eigenvalue weighted by Gasteiger charge is 2.62. The average Bonchev–Trinajstić information content (AvgIpc) is 3.23. The first kappa shape index (κ1) is 15.8. The summed E-state index contributed by atoms with van der Waals surface area (Å²) in [6.07, 6.45) is 2.46. The molecule has 3 aliphatic rings. The van der Waals surface area contributed by atoms with Gasteiger partial charge in [-0.15, -0.1) is 0 Å². The van der Waals surface area contributed by atoms with Crippen molar-refractivity contribution < 1.29 is 4.57 Å². The Labute approximate surface area is 151 Å². The second kappa shape index (κ2) is 5.54. The van der Waals surface area contributed by atoms with E-state index in [1.807, 2.05) is 18.2 Å². The molecule has 0 spiro atoms. The lowest BCUT2D eigenvalue weighted by atomic mass is 9.85. The van der Waals surface area contributed by atoms with E-state index in [0.29, 0.717) is 17.2 Å². The van der Waals surface area contributed by atoms with Crippen molar-refractivity contribution in [2.75, 3.05) is 0 Å².